The van der Waals surface area contributed by atoms with Gasteiger partial charge >= 0.3 is 12.2 Å². The molecule has 1 N–H and O–H groups in total. The van der Waals surface area contributed by atoms with Crippen molar-refractivity contribution in [2.24, 2.45) is 0 Å². The molecule has 3 rings (SSSR count). The third-order valence-corrected chi connectivity index (χ3v) is 4.29. The van der Waals surface area contributed by atoms with Crippen molar-refractivity contribution >= 4 is 17.9 Å². The number of hydrogen-bond donors (Lipinski definition) is 1. The van der Waals surface area contributed by atoms with Crippen LogP contribution in [0.3, 0.4) is 0 Å². The molecule has 130 valence electrons. The van der Waals surface area contributed by atoms with Crippen LogP contribution in [-0.2, 0) is 4.84 Å². The molecule has 24 heavy (non-hydrogen) atoms. The second-order valence-electron chi connectivity index (χ2n) is 5.74. The topological polar surface area (TPSA) is 89.5 Å². The minimum Gasteiger partial charge on any atom is -0.448 e. The van der Waals surface area contributed by atoms with E-state index in [1.807, 2.05) is 17.0 Å². The summed E-state index contributed by atoms with van der Waals surface area (Å²) in [4.78, 5) is 37.6. The summed E-state index contributed by atoms with van der Waals surface area (Å²) in [6, 6.07) is 3.96. The van der Waals surface area contributed by atoms with Gasteiger partial charge < -0.3 is 24.6 Å². The number of pyridine rings is 1. The first kappa shape index (κ1) is 16.3. The fourth-order valence-electron chi connectivity index (χ4n) is 2.99. The van der Waals surface area contributed by atoms with E-state index in [-0.39, 0.29) is 6.03 Å². The van der Waals surface area contributed by atoms with Gasteiger partial charge in [-0.15, -0.1) is 5.06 Å². The molecule has 0 saturated carbocycles. The van der Waals surface area contributed by atoms with Crippen LogP contribution in [0.5, 0.6) is 0 Å². The lowest BCUT2D eigenvalue weighted by atomic mass is 10.2. The normalized spacial score (nSPS) is 19.2. The van der Waals surface area contributed by atoms with Gasteiger partial charge in [0.05, 0.1) is 13.1 Å². The highest BCUT2D eigenvalue weighted by molar-refractivity contribution is 5.75. The first-order valence-corrected chi connectivity index (χ1v) is 7.98. The van der Waals surface area contributed by atoms with Crippen LogP contribution in [0, 0.1) is 0 Å². The van der Waals surface area contributed by atoms with Crippen LogP contribution in [0.25, 0.3) is 0 Å². The standard InChI is InChI=1S/C15H21N5O4/c21-14(19-9-11-20(12-10-19)24-15(22)23)18-7-5-17(6-8-18)13-1-3-16-4-2-13/h1-4H,5-12H2,(H,22,23). The highest BCUT2D eigenvalue weighted by Gasteiger charge is 2.28. The molecule has 0 bridgehead atoms. The summed E-state index contributed by atoms with van der Waals surface area (Å²) in [6.45, 7) is 4.66. The lowest BCUT2D eigenvalue weighted by Gasteiger charge is -2.40. The Bertz CT molecular complexity index is 568. The van der Waals surface area contributed by atoms with Gasteiger partial charge in [-0.3, -0.25) is 4.98 Å². The SMILES string of the molecule is O=C(O)ON1CCN(C(=O)N2CCN(c3ccncc3)CC2)CC1. The lowest BCUT2D eigenvalue weighted by molar-refractivity contribution is -0.135. The summed E-state index contributed by atoms with van der Waals surface area (Å²) < 4.78 is 0. The maximum Gasteiger partial charge on any atom is 0.525 e. The summed E-state index contributed by atoms with van der Waals surface area (Å²) in [7, 11) is 0. The Morgan fingerprint density at radius 1 is 0.917 bits per heavy atom. The molecule has 0 spiro atoms. The molecular weight excluding hydrogens is 314 g/mol. The van der Waals surface area contributed by atoms with Crippen LogP contribution in [0.4, 0.5) is 15.3 Å². The Labute approximate surface area is 140 Å². The van der Waals surface area contributed by atoms with Gasteiger partial charge in [-0.2, -0.15) is 0 Å². The Morgan fingerprint density at radius 3 is 2.00 bits per heavy atom. The fourth-order valence-corrected chi connectivity index (χ4v) is 2.99. The minimum absolute atomic E-state index is 0.0133. The highest BCUT2D eigenvalue weighted by Crippen LogP contribution is 2.16. The number of aromatic nitrogens is 1. The number of carboxylic acid groups (broad SMARTS) is 1. The van der Waals surface area contributed by atoms with Crippen molar-refractivity contribution in [2.75, 3.05) is 57.3 Å². The second-order valence-corrected chi connectivity index (χ2v) is 5.74. The molecule has 0 radical (unpaired) electrons. The monoisotopic (exact) mass is 335 g/mol. The molecule has 0 atom stereocenters. The van der Waals surface area contributed by atoms with E-state index in [0.717, 1.165) is 18.8 Å². The molecule has 0 aliphatic carbocycles. The number of hydroxylamine groups is 2. The molecule has 1 aromatic rings. The minimum atomic E-state index is -1.32. The van der Waals surface area contributed by atoms with Crippen LogP contribution in [0.1, 0.15) is 0 Å². The smallest absolute Gasteiger partial charge is 0.448 e. The van der Waals surface area contributed by atoms with E-state index in [2.05, 4.69) is 14.7 Å². The zero-order chi connectivity index (χ0) is 16.9. The molecule has 2 aliphatic rings. The van der Waals surface area contributed by atoms with Crippen molar-refractivity contribution in [1.82, 2.24) is 19.8 Å². The molecule has 0 unspecified atom stereocenters. The molecule has 3 heterocycles. The highest BCUT2D eigenvalue weighted by atomic mass is 16.8. The number of rotatable bonds is 2. The summed E-state index contributed by atoms with van der Waals surface area (Å²) in [5.74, 6) is 0. The Balaban J connectivity index is 1.47. The van der Waals surface area contributed by atoms with E-state index in [9.17, 15) is 9.59 Å². The van der Waals surface area contributed by atoms with Crippen molar-refractivity contribution in [1.29, 1.82) is 0 Å². The number of carbonyl (C=O) groups is 2. The molecular formula is C15H21N5O4. The number of urea groups is 1. The molecule has 2 fully saturated rings. The van der Waals surface area contributed by atoms with Crippen molar-refractivity contribution in [3.63, 3.8) is 0 Å². The van der Waals surface area contributed by atoms with E-state index >= 15 is 0 Å². The summed E-state index contributed by atoms with van der Waals surface area (Å²) >= 11 is 0. The predicted octanol–water partition coefficient (Wildman–Crippen LogP) is 0.551. The number of anilines is 1. The van der Waals surface area contributed by atoms with Crippen molar-refractivity contribution < 1.29 is 19.5 Å². The van der Waals surface area contributed by atoms with E-state index in [1.54, 1.807) is 17.3 Å². The quantitative estimate of drug-likeness (QED) is 0.844. The number of piperazine rings is 2. The van der Waals surface area contributed by atoms with Crippen molar-refractivity contribution in [3.05, 3.63) is 24.5 Å². The molecule has 9 heteroatoms. The summed E-state index contributed by atoms with van der Waals surface area (Å²) in [6.07, 6.45) is 2.22. The number of nitrogens with zero attached hydrogens (tertiary/aromatic N) is 5. The zero-order valence-corrected chi connectivity index (χ0v) is 13.4. The largest absolute Gasteiger partial charge is 0.525 e. The average Bonchev–Trinajstić information content (AvgIpc) is 2.62. The van der Waals surface area contributed by atoms with Crippen LogP contribution in [0.2, 0.25) is 0 Å². The third-order valence-electron chi connectivity index (χ3n) is 4.29. The van der Waals surface area contributed by atoms with Gasteiger partial charge in [-0.25, -0.2) is 9.59 Å². The number of amides is 2. The molecule has 2 aliphatic heterocycles. The number of hydrogen-bond acceptors (Lipinski definition) is 6. The van der Waals surface area contributed by atoms with Gasteiger partial charge in [-0.05, 0) is 12.1 Å². The molecule has 0 aromatic carbocycles. The molecule has 1 aromatic heterocycles. The Hall–Kier alpha value is -2.55. The second kappa shape index (κ2) is 7.35. The van der Waals surface area contributed by atoms with Gasteiger partial charge in [-0.1, -0.05) is 0 Å². The molecule has 2 saturated heterocycles. The van der Waals surface area contributed by atoms with Gasteiger partial charge in [0.15, 0.2) is 0 Å². The van der Waals surface area contributed by atoms with Gasteiger partial charge in [0.1, 0.15) is 0 Å². The van der Waals surface area contributed by atoms with Gasteiger partial charge in [0, 0.05) is 57.3 Å². The lowest BCUT2D eigenvalue weighted by Crippen LogP contribution is -2.57. The van der Waals surface area contributed by atoms with Crippen molar-refractivity contribution in [3.8, 4) is 0 Å². The first-order valence-electron chi connectivity index (χ1n) is 7.98. The Morgan fingerprint density at radius 2 is 1.46 bits per heavy atom. The third kappa shape index (κ3) is 3.85. The van der Waals surface area contributed by atoms with E-state index in [0.29, 0.717) is 39.3 Å². The Kier molecular flexibility index (Phi) is 4.99. The van der Waals surface area contributed by atoms with Gasteiger partial charge in [0.2, 0.25) is 0 Å². The average molecular weight is 335 g/mol. The van der Waals surface area contributed by atoms with Gasteiger partial charge in [0.25, 0.3) is 0 Å². The van der Waals surface area contributed by atoms with E-state index < -0.39 is 6.16 Å². The predicted molar refractivity (Wildman–Crippen MR) is 85.7 cm³/mol. The molecule has 2 amide bonds. The first-order chi connectivity index (χ1) is 11.6. The van der Waals surface area contributed by atoms with Crippen LogP contribution >= 0.6 is 0 Å². The van der Waals surface area contributed by atoms with Crippen molar-refractivity contribution in [2.45, 2.75) is 0 Å². The number of carbonyl (C=O) groups excluding carboxylic acids is 1. The van der Waals surface area contributed by atoms with Crippen LogP contribution in [-0.4, -0.2) is 89.5 Å². The van der Waals surface area contributed by atoms with E-state index in [4.69, 9.17) is 5.11 Å². The maximum atomic E-state index is 12.6. The van der Waals surface area contributed by atoms with E-state index in [1.165, 1.54) is 5.06 Å². The fraction of sp³-hybridized carbons (Fsp3) is 0.533. The summed E-state index contributed by atoms with van der Waals surface area (Å²) in [5, 5.41) is 9.97. The zero-order valence-electron chi connectivity index (χ0n) is 13.4. The summed E-state index contributed by atoms with van der Waals surface area (Å²) in [5.41, 5.74) is 1.12. The maximum absolute atomic E-state index is 12.6. The molecule has 9 nitrogen and oxygen atoms in total. The van der Waals surface area contributed by atoms with Crippen LogP contribution < -0.4 is 4.90 Å². The van der Waals surface area contributed by atoms with Crippen LogP contribution in [0.15, 0.2) is 24.5 Å².